The molecule has 0 amide bonds. The molecule has 0 saturated heterocycles. The Kier molecular flexibility index (Phi) is 7.55. The highest BCUT2D eigenvalue weighted by Crippen LogP contribution is 2.23. The Morgan fingerprint density at radius 3 is 2.75 bits per heavy atom. The van der Waals surface area contributed by atoms with Gasteiger partial charge in [0, 0.05) is 22.8 Å². The van der Waals surface area contributed by atoms with Crippen LogP contribution in [0.3, 0.4) is 0 Å². The standard InChI is InChI=1S/C14H22BrNO3S/c1-3-8-19-14-6-5-13(15)10-12(14)11-16-7-4-9-20(2,17)18/h5-6,10,16H,3-4,7-9,11H2,1-2H3. The minimum atomic E-state index is -2.87. The molecule has 0 aromatic heterocycles. The molecular weight excluding hydrogens is 342 g/mol. The van der Waals surface area contributed by atoms with E-state index in [1.807, 2.05) is 18.2 Å². The quantitative estimate of drug-likeness (QED) is 0.685. The summed E-state index contributed by atoms with van der Waals surface area (Å²) in [6, 6.07) is 5.93. The molecule has 0 spiro atoms. The van der Waals surface area contributed by atoms with Crippen molar-refractivity contribution >= 4 is 25.8 Å². The molecule has 114 valence electrons. The van der Waals surface area contributed by atoms with Crippen molar-refractivity contribution in [1.82, 2.24) is 5.32 Å². The Hall–Kier alpha value is -0.590. The number of hydrogen-bond acceptors (Lipinski definition) is 4. The second-order valence-corrected chi connectivity index (χ2v) is 7.94. The van der Waals surface area contributed by atoms with Crippen molar-refractivity contribution in [2.75, 3.05) is 25.2 Å². The van der Waals surface area contributed by atoms with Gasteiger partial charge in [0.05, 0.1) is 12.4 Å². The van der Waals surface area contributed by atoms with Crippen LogP contribution < -0.4 is 10.1 Å². The Labute approximate surface area is 130 Å². The van der Waals surface area contributed by atoms with E-state index in [1.165, 1.54) is 6.26 Å². The highest BCUT2D eigenvalue weighted by Gasteiger charge is 2.05. The molecule has 0 unspecified atom stereocenters. The summed E-state index contributed by atoms with van der Waals surface area (Å²) in [4.78, 5) is 0. The fourth-order valence-corrected chi connectivity index (χ4v) is 2.80. The zero-order chi connectivity index (χ0) is 15.0. The summed E-state index contributed by atoms with van der Waals surface area (Å²) in [5, 5.41) is 3.25. The van der Waals surface area contributed by atoms with Gasteiger partial charge in [0.15, 0.2) is 0 Å². The van der Waals surface area contributed by atoms with Crippen molar-refractivity contribution in [3.05, 3.63) is 28.2 Å². The maximum atomic E-state index is 11.0. The van der Waals surface area contributed by atoms with E-state index in [1.54, 1.807) is 0 Å². The molecule has 0 aliphatic heterocycles. The van der Waals surface area contributed by atoms with Crippen molar-refractivity contribution in [1.29, 1.82) is 0 Å². The van der Waals surface area contributed by atoms with Crippen LogP contribution in [0.25, 0.3) is 0 Å². The molecule has 0 aliphatic carbocycles. The van der Waals surface area contributed by atoms with Gasteiger partial charge in [-0.3, -0.25) is 0 Å². The average molecular weight is 364 g/mol. The maximum Gasteiger partial charge on any atom is 0.147 e. The van der Waals surface area contributed by atoms with Crippen LogP contribution in [0.15, 0.2) is 22.7 Å². The molecule has 0 fully saturated rings. The lowest BCUT2D eigenvalue weighted by Gasteiger charge is -2.12. The van der Waals surface area contributed by atoms with Gasteiger partial charge in [-0.1, -0.05) is 22.9 Å². The van der Waals surface area contributed by atoms with Gasteiger partial charge in [-0.05, 0) is 37.6 Å². The molecule has 0 radical (unpaired) electrons. The molecule has 20 heavy (non-hydrogen) atoms. The van der Waals surface area contributed by atoms with E-state index < -0.39 is 9.84 Å². The highest BCUT2D eigenvalue weighted by atomic mass is 79.9. The first kappa shape index (κ1) is 17.5. The fraction of sp³-hybridized carbons (Fsp3) is 0.571. The molecule has 6 heteroatoms. The zero-order valence-corrected chi connectivity index (χ0v) is 14.4. The van der Waals surface area contributed by atoms with Crippen molar-refractivity contribution < 1.29 is 13.2 Å². The lowest BCUT2D eigenvalue weighted by molar-refractivity contribution is 0.313. The maximum absolute atomic E-state index is 11.0. The molecule has 4 nitrogen and oxygen atoms in total. The molecule has 0 atom stereocenters. The molecule has 0 saturated carbocycles. The summed E-state index contributed by atoms with van der Waals surface area (Å²) in [5.74, 6) is 1.10. The van der Waals surface area contributed by atoms with E-state index >= 15 is 0 Å². The molecule has 0 heterocycles. The SMILES string of the molecule is CCCOc1ccc(Br)cc1CNCCCS(C)(=O)=O. The van der Waals surface area contributed by atoms with Crippen LogP contribution in [0, 0.1) is 0 Å². The third-order valence-electron chi connectivity index (χ3n) is 2.67. The Balaban J connectivity index is 2.47. The van der Waals surface area contributed by atoms with Crippen LogP contribution in [0.4, 0.5) is 0 Å². The van der Waals surface area contributed by atoms with Crippen molar-refractivity contribution in [3.8, 4) is 5.75 Å². The van der Waals surface area contributed by atoms with Gasteiger partial charge in [0.1, 0.15) is 15.6 Å². The molecule has 1 N–H and O–H groups in total. The van der Waals surface area contributed by atoms with Crippen molar-refractivity contribution in [3.63, 3.8) is 0 Å². The third-order valence-corrected chi connectivity index (χ3v) is 4.19. The first-order valence-corrected chi connectivity index (χ1v) is 9.57. The molecule has 1 aromatic carbocycles. The van der Waals surface area contributed by atoms with Crippen LogP contribution >= 0.6 is 15.9 Å². The number of halogens is 1. The first-order valence-electron chi connectivity index (χ1n) is 6.72. The van der Waals surface area contributed by atoms with Gasteiger partial charge in [-0.2, -0.15) is 0 Å². The molecule has 0 bridgehead atoms. The van der Waals surface area contributed by atoms with Gasteiger partial charge in [-0.15, -0.1) is 0 Å². The lowest BCUT2D eigenvalue weighted by Crippen LogP contribution is -2.18. The summed E-state index contributed by atoms with van der Waals surface area (Å²) in [6.07, 6.45) is 2.85. The summed E-state index contributed by atoms with van der Waals surface area (Å²) in [7, 11) is -2.87. The van der Waals surface area contributed by atoms with E-state index in [0.29, 0.717) is 26.1 Å². The van der Waals surface area contributed by atoms with Crippen LogP contribution in [0.1, 0.15) is 25.3 Å². The second kappa shape index (κ2) is 8.64. The van der Waals surface area contributed by atoms with E-state index in [4.69, 9.17) is 4.74 Å². The Bertz CT molecular complexity index is 517. The van der Waals surface area contributed by atoms with E-state index in [2.05, 4.69) is 28.2 Å². The summed E-state index contributed by atoms with van der Waals surface area (Å²) in [5.41, 5.74) is 1.08. The summed E-state index contributed by atoms with van der Waals surface area (Å²) < 4.78 is 28.8. The van der Waals surface area contributed by atoms with Gasteiger partial charge >= 0.3 is 0 Å². The smallest absolute Gasteiger partial charge is 0.147 e. The number of hydrogen-bond donors (Lipinski definition) is 1. The van der Waals surface area contributed by atoms with Crippen LogP contribution in [-0.2, 0) is 16.4 Å². The normalized spacial score (nSPS) is 11.6. The van der Waals surface area contributed by atoms with Gasteiger partial charge < -0.3 is 10.1 Å². The monoisotopic (exact) mass is 363 g/mol. The first-order chi connectivity index (χ1) is 9.42. The van der Waals surface area contributed by atoms with Crippen molar-refractivity contribution in [2.45, 2.75) is 26.3 Å². The number of benzene rings is 1. The molecule has 1 aromatic rings. The third kappa shape index (κ3) is 7.26. The van der Waals surface area contributed by atoms with Crippen LogP contribution in [0.5, 0.6) is 5.75 Å². The van der Waals surface area contributed by atoms with Crippen molar-refractivity contribution in [2.24, 2.45) is 0 Å². The highest BCUT2D eigenvalue weighted by molar-refractivity contribution is 9.10. The van der Waals surface area contributed by atoms with Gasteiger partial charge in [0.2, 0.25) is 0 Å². The molecule has 0 aliphatic rings. The van der Waals surface area contributed by atoms with Crippen LogP contribution in [0.2, 0.25) is 0 Å². The van der Waals surface area contributed by atoms with E-state index in [9.17, 15) is 8.42 Å². The Morgan fingerprint density at radius 1 is 1.35 bits per heavy atom. The number of ether oxygens (including phenoxy) is 1. The van der Waals surface area contributed by atoms with Gasteiger partial charge in [0.25, 0.3) is 0 Å². The van der Waals surface area contributed by atoms with Crippen LogP contribution in [-0.4, -0.2) is 33.6 Å². The minimum Gasteiger partial charge on any atom is -0.493 e. The topological polar surface area (TPSA) is 55.4 Å². The summed E-state index contributed by atoms with van der Waals surface area (Å²) in [6.45, 7) is 4.11. The minimum absolute atomic E-state index is 0.220. The van der Waals surface area contributed by atoms with E-state index in [-0.39, 0.29) is 5.75 Å². The second-order valence-electron chi connectivity index (χ2n) is 4.76. The number of sulfone groups is 1. The largest absolute Gasteiger partial charge is 0.493 e. The fourth-order valence-electron chi connectivity index (χ4n) is 1.72. The summed E-state index contributed by atoms with van der Waals surface area (Å²) >= 11 is 3.45. The van der Waals surface area contributed by atoms with E-state index in [0.717, 1.165) is 22.2 Å². The Morgan fingerprint density at radius 2 is 2.10 bits per heavy atom. The average Bonchev–Trinajstić information content (AvgIpc) is 2.36. The number of rotatable bonds is 9. The van der Waals surface area contributed by atoms with Gasteiger partial charge in [-0.25, -0.2) is 8.42 Å². The predicted octanol–water partition coefficient (Wildman–Crippen LogP) is 2.76. The number of nitrogens with one attached hydrogen (secondary N) is 1. The molecular formula is C14H22BrNO3S. The molecule has 1 rings (SSSR count). The predicted molar refractivity (Wildman–Crippen MR) is 86.0 cm³/mol. The zero-order valence-electron chi connectivity index (χ0n) is 12.0. The lowest BCUT2D eigenvalue weighted by atomic mass is 10.2.